The minimum Gasteiger partial charge on any atom is -0.477 e. The van der Waals surface area contributed by atoms with Crippen molar-refractivity contribution in [1.29, 1.82) is 0 Å². The summed E-state index contributed by atoms with van der Waals surface area (Å²) < 4.78 is 35.4. The lowest BCUT2D eigenvalue weighted by molar-refractivity contribution is -0.155. The standard InChI is InChI=1S/C16H21NO9S/c1-9(19)25-7-11-8-27(23,24)13(15(22)26-16(2,3)4)10(6-18)5-17-12(11)14(20)21/h5-6,10,13H,7-8H2,1-4H3,(H,20,21)/b12-11-,17-5?. The first-order valence-corrected chi connectivity index (χ1v) is 9.52. The smallest absolute Gasteiger partial charge is 0.354 e. The number of aliphatic imine (C=N–C) groups is 1. The minimum absolute atomic E-state index is 0.187. The van der Waals surface area contributed by atoms with E-state index >= 15 is 0 Å². The number of aldehydes is 1. The van der Waals surface area contributed by atoms with Crippen molar-refractivity contribution >= 4 is 40.2 Å². The summed E-state index contributed by atoms with van der Waals surface area (Å²) in [6.45, 7) is 5.00. The minimum atomic E-state index is -4.39. The Morgan fingerprint density at radius 3 is 2.37 bits per heavy atom. The van der Waals surface area contributed by atoms with Crippen molar-refractivity contribution in [1.82, 2.24) is 0 Å². The summed E-state index contributed by atoms with van der Waals surface area (Å²) in [7, 11) is -4.39. The van der Waals surface area contributed by atoms with Crippen LogP contribution in [0.15, 0.2) is 16.3 Å². The second-order valence-electron chi connectivity index (χ2n) is 6.79. The molecule has 0 saturated carbocycles. The van der Waals surface area contributed by atoms with Crippen molar-refractivity contribution in [2.75, 3.05) is 12.4 Å². The highest BCUT2D eigenvalue weighted by Crippen LogP contribution is 2.24. The van der Waals surface area contributed by atoms with Crippen LogP contribution in [0.5, 0.6) is 0 Å². The summed E-state index contributed by atoms with van der Waals surface area (Å²) in [6, 6.07) is 0. The van der Waals surface area contributed by atoms with Gasteiger partial charge in [-0.05, 0) is 20.8 Å². The van der Waals surface area contributed by atoms with Crippen LogP contribution in [0.25, 0.3) is 0 Å². The molecule has 2 atom stereocenters. The van der Waals surface area contributed by atoms with Crippen molar-refractivity contribution < 1.29 is 42.2 Å². The van der Waals surface area contributed by atoms with Gasteiger partial charge in [-0.3, -0.25) is 14.6 Å². The Morgan fingerprint density at radius 1 is 1.33 bits per heavy atom. The summed E-state index contributed by atoms with van der Waals surface area (Å²) in [5.74, 6) is -5.95. The van der Waals surface area contributed by atoms with Gasteiger partial charge in [-0.15, -0.1) is 0 Å². The molecule has 2 unspecified atom stereocenters. The van der Waals surface area contributed by atoms with E-state index in [0.717, 1.165) is 13.1 Å². The van der Waals surface area contributed by atoms with E-state index in [1.165, 1.54) is 20.8 Å². The lowest BCUT2D eigenvalue weighted by Gasteiger charge is -2.26. The van der Waals surface area contributed by atoms with Gasteiger partial charge in [0.25, 0.3) is 0 Å². The summed E-state index contributed by atoms with van der Waals surface area (Å²) in [5.41, 5.74) is -2.01. The summed E-state index contributed by atoms with van der Waals surface area (Å²) in [4.78, 5) is 49.8. The summed E-state index contributed by atoms with van der Waals surface area (Å²) in [6.07, 6.45) is 0.960. The van der Waals surface area contributed by atoms with Gasteiger partial charge in [0.2, 0.25) is 0 Å². The second-order valence-corrected chi connectivity index (χ2v) is 8.91. The fourth-order valence-corrected chi connectivity index (χ4v) is 4.09. The third-order valence-corrected chi connectivity index (χ3v) is 5.30. The molecule has 0 aromatic heterocycles. The molecule has 0 fully saturated rings. The van der Waals surface area contributed by atoms with Gasteiger partial charge in [0.05, 0.1) is 11.7 Å². The van der Waals surface area contributed by atoms with E-state index < -0.39 is 62.6 Å². The van der Waals surface area contributed by atoms with Crippen LogP contribution in [0.1, 0.15) is 27.7 Å². The van der Waals surface area contributed by atoms with Gasteiger partial charge >= 0.3 is 17.9 Å². The van der Waals surface area contributed by atoms with Crippen LogP contribution in [0, 0.1) is 5.92 Å². The summed E-state index contributed by atoms with van der Waals surface area (Å²) in [5, 5.41) is 7.36. The monoisotopic (exact) mass is 403 g/mol. The first-order valence-electron chi connectivity index (χ1n) is 7.81. The number of hydrogen-bond donors (Lipinski definition) is 1. The molecule has 0 radical (unpaired) electrons. The van der Waals surface area contributed by atoms with Crippen LogP contribution in [0.4, 0.5) is 0 Å². The zero-order valence-corrected chi connectivity index (χ0v) is 16.1. The number of carboxylic acid groups (broad SMARTS) is 1. The quantitative estimate of drug-likeness (QED) is 0.490. The molecule has 10 nitrogen and oxygen atoms in total. The first kappa shape index (κ1) is 22.5. The van der Waals surface area contributed by atoms with Crippen LogP contribution < -0.4 is 0 Å². The van der Waals surface area contributed by atoms with Crippen LogP contribution in [-0.4, -0.2) is 67.1 Å². The van der Waals surface area contributed by atoms with E-state index in [9.17, 15) is 32.7 Å². The SMILES string of the molecule is CC(=O)OC/C1=C(\C(=O)O)N=CC(C=O)C(C(=O)OC(C)(C)C)S(=O)(=O)C1. The Morgan fingerprint density at radius 2 is 1.93 bits per heavy atom. The number of sulfone groups is 1. The number of carbonyl (C=O) groups is 4. The maximum absolute atomic E-state index is 12.8. The largest absolute Gasteiger partial charge is 0.477 e. The molecule has 1 aliphatic heterocycles. The number of carbonyl (C=O) groups excluding carboxylic acids is 3. The Hall–Kier alpha value is -2.56. The van der Waals surface area contributed by atoms with Crippen LogP contribution in [0.2, 0.25) is 0 Å². The molecular weight excluding hydrogens is 382 g/mol. The lowest BCUT2D eigenvalue weighted by atomic mass is 10.1. The molecule has 0 aromatic rings. The third kappa shape index (κ3) is 6.27. The van der Waals surface area contributed by atoms with Crippen molar-refractivity contribution in [2.45, 2.75) is 38.5 Å². The summed E-state index contributed by atoms with van der Waals surface area (Å²) >= 11 is 0. The van der Waals surface area contributed by atoms with E-state index in [1.807, 2.05) is 0 Å². The van der Waals surface area contributed by atoms with Crippen LogP contribution in [0.3, 0.4) is 0 Å². The van der Waals surface area contributed by atoms with E-state index in [1.54, 1.807) is 0 Å². The van der Waals surface area contributed by atoms with E-state index in [0.29, 0.717) is 0 Å². The molecule has 27 heavy (non-hydrogen) atoms. The van der Waals surface area contributed by atoms with Crippen molar-refractivity contribution in [3.63, 3.8) is 0 Å². The highest BCUT2D eigenvalue weighted by molar-refractivity contribution is 7.93. The molecule has 1 rings (SSSR count). The second kappa shape index (κ2) is 8.42. The Balaban J connectivity index is 3.46. The molecule has 0 spiro atoms. The molecule has 0 bridgehead atoms. The number of rotatable bonds is 5. The highest BCUT2D eigenvalue weighted by atomic mass is 32.2. The number of ether oxygens (including phenoxy) is 2. The number of carboxylic acids is 1. The van der Waals surface area contributed by atoms with E-state index in [2.05, 4.69) is 4.99 Å². The molecule has 150 valence electrons. The molecule has 1 heterocycles. The number of aliphatic carboxylic acids is 1. The Kier molecular flexibility index (Phi) is 7.01. The van der Waals surface area contributed by atoms with Gasteiger partial charge in [0.1, 0.15) is 18.5 Å². The topological polar surface area (TPSA) is 153 Å². The van der Waals surface area contributed by atoms with Gasteiger partial charge in [0, 0.05) is 18.7 Å². The molecule has 1 aliphatic rings. The fraction of sp³-hybridized carbons (Fsp3) is 0.562. The highest BCUT2D eigenvalue weighted by Gasteiger charge is 2.43. The maximum Gasteiger partial charge on any atom is 0.354 e. The van der Waals surface area contributed by atoms with Gasteiger partial charge in [-0.2, -0.15) is 0 Å². The molecule has 11 heteroatoms. The molecule has 0 aliphatic carbocycles. The average Bonchev–Trinajstić information content (AvgIpc) is 2.46. The van der Waals surface area contributed by atoms with Crippen molar-refractivity contribution in [3.05, 3.63) is 11.3 Å². The number of hydrogen-bond acceptors (Lipinski definition) is 9. The Bertz CT molecular complexity index is 802. The molecule has 0 aromatic carbocycles. The maximum atomic E-state index is 12.8. The van der Waals surface area contributed by atoms with Gasteiger partial charge in [-0.25, -0.2) is 13.2 Å². The van der Waals surface area contributed by atoms with E-state index in [4.69, 9.17) is 9.47 Å². The normalized spacial score (nSPS) is 25.0. The van der Waals surface area contributed by atoms with Crippen LogP contribution in [-0.2, 0) is 38.5 Å². The van der Waals surface area contributed by atoms with Crippen LogP contribution >= 0.6 is 0 Å². The molecule has 1 N–H and O–H groups in total. The predicted octanol–water partition coefficient (Wildman–Crippen LogP) is -0.0872. The molecule has 0 saturated heterocycles. The number of esters is 2. The first-order chi connectivity index (χ1) is 12.3. The van der Waals surface area contributed by atoms with Crippen molar-refractivity contribution in [2.24, 2.45) is 10.9 Å². The van der Waals surface area contributed by atoms with E-state index in [-0.39, 0.29) is 11.9 Å². The zero-order valence-electron chi connectivity index (χ0n) is 15.3. The number of nitrogens with zero attached hydrogens (tertiary/aromatic N) is 1. The third-order valence-electron chi connectivity index (χ3n) is 3.27. The predicted molar refractivity (Wildman–Crippen MR) is 92.8 cm³/mol. The van der Waals surface area contributed by atoms with Crippen molar-refractivity contribution in [3.8, 4) is 0 Å². The van der Waals surface area contributed by atoms with Gasteiger partial charge in [-0.1, -0.05) is 0 Å². The molecule has 0 amide bonds. The average molecular weight is 403 g/mol. The zero-order chi connectivity index (χ0) is 21.0. The van der Waals surface area contributed by atoms with Gasteiger partial charge < -0.3 is 19.4 Å². The lowest BCUT2D eigenvalue weighted by Crippen LogP contribution is -2.45. The Labute approximate surface area is 156 Å². The fourth-order valence-electron chi connectivity index (χ4n) is 2.25. The molecular formula is C16H21NO9S. The van der Waals surface area contributed by atoms with Gasteiger partial charge in [0.15, 0.2) is 20.8 Å².